The third-order valence-electron chi connectivity index (χ3n) is 3.50. The van der Waals surface area contributed by atoms with Crippen LogP contribution >= 0.6 is 10.9 Å². The van der Waals surface area contributed by atoms with Crippen LogP contribution in [0.4, 0.5) is 5.82 Å². The van der Waals surface area contributed by atoms with Crippen LogP contribution in [0.15, 0.2) is 57.9 Å². The number of nitrogens with zero attached hydrogens (tertiary/aromatic N) is 3. The van der Waals surface area contributed by atoms with E-state index >= 15 is 0 Å². The molecule has 1 unspecified atom stereocenters. The normalized spacial score (nSPS) is 17.3. The summed E-state index contributed by atoms with van der Waals surface area (Å²) in [5.74, 6) is 0.121. The van der Waals surface area contributed by atoms with E-state index in [2.05, 4.69) is 17.1 Å². The van der Waals surface area contributed by atoms with Gasteiger partial charge in [0.1, 0.15) is 28.5 Å². The summed E-state index contributed by atoms with van der Waals surface area (Å²) >= 11 is 0. The predicted molar refractivity (Wildman–Crippen MR) is 92.2 cm³/mol. The number of anilines is 1. The van der Waals surface area contributed by atoms with E-state index in [9.17, 15) is 10.5 Å². The Morgan fingerprint density at radius 3 is 2.26 bits per heavy atom. The third kappa shape index (κ3) is 2.42. The number of benzene rings is 1. The molecule has 0 amide bonds. The molecule has 3 rings (SSSR count). The first-order valence-corrected chi connectivity index (χ1v) is 8.20. The monoisotopic (exact) mass is 319 g/mol. The fourth-order valence-corrected chi connectivity index (χ4v) is 4.15. The summed E-state index contributed by atoms with van der Waals surface area (Å²) in [5, 5.41) is 22.3. The van der Waals surface area contributed by atoms with Crippen LogP contribution in [0.5, 0.6) is 0 Å². The molecule has 23 heavy (non-hydrogen) atoms. The molecule has 0 saturated heterocycles. The van der Waals surface area contributed by atoms with Crippen molar-refractivity contribution < 1.29 is 0 Å². The van der Waals surface area contributed by atoms with Crippen LogP contribution in [0.3, 0.4) is 0 Å². The van der Waals surface area contributed by atoms with Crippen molar-refractivity contribution in [3.8, 4) is 23.3 Å². The Bertz CT molecular complexity index is 917. The van der Waals surface area contributed by atoms with Crippen molar-refractivity contribution in [2.24, 2.45) is 5.73 Å². The second-order valence-electron chi connectivity index (χ2n) is 4.84. The molecule has 1 aliphatic heterocycles. The van der Waals surface area contributed by atoms with Gasteiger partial charge in [-0.05, 0) is 17.0 Å². The molecule has 112 valence electrons. The average molecular weight is 319 g/mol. The van der Waals surface area contributed by atoms with Crippen LogP contribution in [0, 0.1) is 22.7 Å². The van der Waals surface area contributed by atoms with Crippen molar-refractivity contribution in [1.82, 2.24) is 4.98 Å². The summed E-state index contributed by atoms with van der Waals surface area (Å²) < 4.78 is 0. The second kappa shape index (κ2) is 5.88. The fourth-order valence-electron chi connectivity index (χ4n) is 2.46. The highest BCUT2D eigenvalue weighted by molar-refractivity contribution is 8.23. The van der Waals surface area contributed by atoms with Crippen molar-refractivity contribution in [1.29, 1.82) is 10.5 Å². The van der Waals surface area contributed by atoms with E-state index in [0.29, 0.717) is 21.2 Å². The summed E-state index contributed by atoms with van der Waals surface area (Å²) in [6, 6.07) is 13.5. The number of pyridine rings is 1. The summed E-state index contributed by atoms with van der Waals surface area (Å²) in [7, 11) is -1.03. The van der Waals surface area contributed by atoms with Crippen LogP contribution in [-0.2, 0) is 0 Å². The number of aromatic nitrogens is 1. The lowest BCUT2D eigenvalue weighted by Gasteiger charge is -2.19. The second-order valence-corrected chi connectivity index (χ2v) is 6.82. The highest BCUT2D eigenvalue weighted by Gasteiger charge is 2.24. The molecule has 1 aromatic carbocycles. The third-order valence-corrected chi connectivity index (χ3v) is 5.46. The van der Waals surface area contributed by atoms with Crippen molar-refractivity contribution >= 4 is 16.7 Å². The van der Waals surface area contributed by atoms with Crippen molar-refractivity contribution in [2.75, 3.05) is 5.73 Å². The lowest BCUT2D eigenvalue weighted by Crippen LogP contribution is -2.06. The average Bonchev–Trinajstić information content (AvgIpc) is 3.00. The number of nitrogens with two attached hydrogens (primary N) is 2. The summed E-state index contributed by atoms with van der Waals surface area (Å²) in [6.07, 6.45) is 3.64. The molecule has 1 atom stereocenters. The van der Waals surface area contributed by atoms with E-state index in [1.807, 2.05) is 41.8 Å². The quantitative estimate of drug-likeness (QED) is 0.737. The highest BCUT2D eigenvalue weighted by Crippen LogP contribution is 2.49. The van der Waals surface area contributed by atoms with Crippen LogP contribution < -0.4 is 11.5 Å². The standard InChI is InChI=1S/C17H13N5S/c18-9-12-15(11-5-2-1-3-6-11)13(10-19)17(22-16(12)21)23-8-4-7-14(23)20/h1-8,23H,20H2,(H2,21,22). The molecule has 5 nitrogen and oxygen atoms in total. The Morgan fingerprint density at radius 1 is 1.00 bits per heavy atom. The lowest BCUT2D eigenvalue weighted by atomic mass is 9.97. The minimum absolute atomic E-state index is 0.121. The molecule has 2 heterocycles. The number of nitriles is 2. The molecule has 1 aromatic heterocycles. The number of thiol groups is 1. The van der Waals surface area contributed by atoms with Crippen LogP contribution in [0.25, 0.3) is 11.1 Å². The maximum absolute atomic E-state index is 9.70. The summed E-state index contributed by atoms with van der Waals surface area (Å²) in [4.78, 5) is 4.32. The number of allylic oxidation sites excluding steroid dienone is 2. The van der Waals surface area contributed by atoms with Crippen molar-refractivity contribution in [2.45, 2.75) is 5.03 Å². The van der Waals surface area contributed by atoms with E-state index in [1.54, 1.807) is 6.08 Å². The minimum Gasteiger partial charge on any atom is -0.394 e. The molecule has 0 saturated carbocycles. The lowest BCUT2D eigenvalue weighted by molar-refractivity contribution is 1.11. The number of rotatable bonds is 2. The van der Waals surface area contributed by atoms with Gasteiger partial charge in [-0.1, -0.05) is 36.4 Å². The van der Waals surface area contributed by atoms with Gasteiger partial charge in [0.25, 0.3) is 0 Å². The molecular weight excluding hydrogens is 306 g/mol. The Hall–Kier alpha value is -3.22. The van der Waals surface area contributed by atoms with E-state index in [4.69, 9.17) is 11.5 Å². The van der Waals surface area contributed by atoms with Crippen LogP contribution in [-0.4, -0.2) is 4.98 Å². The van der Waals surface area contributed by atoms with Gasteiger partial charge >= 0.3 is 0 Å². The van der Waals surface area contributed by atoms with E-state index < -0.39 is 10.9 Å². The molecule has 0 radical (unpaired) electrons. The molecular formula is C17H13N5S. The van der Waals surface area contributed by atoms with Gasteiger partial charge in [-0.2, -0.15) is 10.5 Å². The fraction of sp³-hybridized carbons (Fsp3) is 0. The van der Waals surface area contributed by atoms with Crippen LogP contribution in [0.2, 0.25) is 0 Å². The van der Waals surface area contributed by atoms with Crippen LogP contribution in [0.1, 0.15) is 11.1 Å². The zero-order valence-corrected chi connectivity index (χ0v) is 13.0. The molecule has 4 N–H and O–H groups in total. The first kappa shape index (κ1) is 14.7. The topological polar surface area (TPSA) is 113 Å². The largest absolute Gasteiger partial charge is 0.394 e. The Labute approximate surface area is 136 Å². The number of hydrogen-bond donors (Lipinski definition) is 3. The molecule has 6 heteroatoms. The summed E-state index contributed by atoms with van der Waals surface area (Å²) in [6.45, 7) is 0. The van der Waals surface area contributed by atoms with E-state index in [0.717, 1.165) is 5.56 Å². The Kier molecular flexibility index (Phi) is 3.76. The Balaban J connectivity index is 2.36. The van der Waals surface area contributed by atoms with Gasteiger partial charge in [0, 0.05) is 5.56 Å². The molecule has 0 bridgehead atoms. The maximum atomic E-state index is 9.70. The van der Waals surface area contributed by atoms with Gasteiger partial charge < -0.3 is 11.5 Å². The zero-order chi connectivity index (χ0) is 16.4. The smallest absolute Gasteiger partial charge is 0.143 e. The SMILES string of the molecule is N#Cc1c(N)nc([SH]2C=CC=C2N)c(C#N)c1-c1ccccc1. The maximum Gasteiger partial charge on any atom is 0.143 e. The molecule has 2 aromatic rings. The molecule has 0 aliphatic carbocycles. The van der Waals surface area contributed by atoms with Crippen molar-refractivity contribution in [3.63, 3.8) is 0 Å². The summed E-state index contributed by atoms with van der Waals surface area (Å²) in [5.41, 5.74) is 13.9. The van der Waals surface area contributed by atoms with E-state index in [1.165, 1.54) is 0 Å². The van der Waals surface area contributed by atoms with Gasteiger partial charge in [0.05, 0.1) is 10.6 Å². The highest BCUT2D eigenvalue weighted by atomic mass is 32.2. The number of nitrogen functional groups attached to an aromatic ring is 1. The van der Waals surface area contributed by atoms with Gasteiger partial charge in [-0.3, -0.25) is 0 Å². The zero-order valence-electron chi connectivity index (χ0n) is 12.1. The molecule has 0 fully saturated rings. The minimum atomic E-state index is -1.03. The van der Waals surface area contributed by atoms with Crippen molar-refractivity contribution in [3.05, 3.63) is 64.0 Å². The first-order valence-electron chi connectivity index (χ1n) is 6.79. The number of hydrogen-bond acceptors (Lipinski definition) is 5. The first-order chi connectivity index (χ1) is 11.2. The van der Waals surface area contributed by atoms with E-state index in [-0.39, 0.29) is 11.4 Å². The molecule has 1 aliphatic rings. The molecule has 0 spiro atoms. The van der Waals surface area contributed by atoms with Gasteiger partial charge in [0.2, 0.25) is 0 Å². The van der Waals surface area contributed by atoms with Gasteiger partial charge in [-0.25, -0.2) is 4.98 Å². The predicted octanol–water partition coefficient (Wildman–Crippen LogP) is 2.76. The van der Waals surface area contributed by atoms with Gasteiger partial charge in [0.15, 0.2) is 0 Å². The van der Waals surface area contributed by atoms with Gasteiger partial charge in [-0.15, -0.1) is 10.9 Å². The Morgan fingerprint density at radius 2 is 1.70 bits per heavy atom.